The lowest BCUT2D eigenvalue weighted by Gasteiger charge is -2.46. The van der Waals surface area contributed by atoms with Gasteiger partial charge in [-0.05, 0) is 66.4 Å². The van der Waals surface area contributed by atoms with Gasteiger partial charge in [-0.1, -0.05) is 0 Å². The van der Waals surface area contributed by atoms with Crippen molar-refractivity contribution in [3.05, 3.63) is 46.5 Å². The molecule has 0 amide bonds. The van der Waals surface area contributed by atoms with Crippen molar-refractivity contribution in [1.82, 2.24) is 4.90 Å². The third-order valence-electron chi connectivity index (χ3n) is 5.60. The summed E-state index contributed by atoms with van der Waals surface area (Å²) in [6.07, 6.45) is 1.79. The van der Waals surface area contributed by atoms with Crippen LogP contribution < -0.4 is 14.2 Å². The lowest BCUT2D eigenvalue weighted by Crippen LogP contribution is -2.40. The fourth-order valence-electron chi connectivity index (χ4n) is 4.34. The van der Waals surface area contributed by atoms with Gasteiger partial charge >= 0.3 is 0 Å². The monoisotopic (exact) mass is 325 g/mol. The zero-order valence-electron chi connectivity index (χ0n) is 13.7. The Labute approximate surface area is 140 Å². The molecule has 2 atom stereocenters. The van der Waals surface area contributed by atoms with Gasteiger partial charge in [0.05, 0.1) is 7.11 Å². The third-order valence-corrected chi connectivity index (χ3v) is 5.60. The summed E-state index contributed by atoms with van der Waals surface area (Å²) in [5, 5.41) is 10.2. The molecule has 5 heteroatoms. The van der Waals surface area contributed by atoms with Gasteiger partial charge < -0.3 is 19.3 Å². The second-order valence-corrected chi connectivity index (χ2v) is 6.73. The molecule has 5 nitrogen and oxygen atoms in total. The largest absolute Gasteiger partial charge is 0.504 e. The van der Waals surface area contributed by atoms with Gasteiger partial charge in [-0.15, -0.1) is 0 Å². The average Bonchev–Trinajstić information content (AvgIpc) is 3.02. The molecule has 3 aliphatic heterocycles. The standard InChI is InChI=1S/C19H19NO4/c1-20-14-4-11-6-18-19(24-9-23-18)8-13(11)15(20)3-10-5-17(22-2)16(21)7-12(10)14/h5-8,14-15,21H,3-4,9H2,1-2H3/t14-,15-/m1/s1. The summed E-state index contributed by atoms with van der Waals surface area (Å²) in [6.45, 7) is 0.299. The first-order valence-electron chi connectivity index (χ1n) is 8.20. The number of fused-ring (bicyclic) bond motifs is 7. The van der Waals surface area contributed by atoms with Gasteiger partial charge in [-0.25, -0.2) is 0 Å². The molecule has 0 radical (unpaired) electrons. The van der Waals surface area contributed by atoms with Crippen LogP contribution in [0.1, 0.15) is 34.3 Å². The number of phenolic OH excluding ortho intramolecular Hbond substituents is 1. The molecule has 124 valence electrons. The average molecular weight is 325 g/mol. The summed E-state index contributed by atoms with van der Waals surface area (Å²) in [6, 6.07) is 8.66. The molecule has 2 bridgehead atoms. The molecule has 0 saturated carbocycles. The number of phenols is 1. The van der Waals surface area contributed by atoms with E-state index >= 15 is 0 Å². The maximum Gasteiger partial charge on any atom is 0.231 e. The molecule has 3 aliphatic rings. The molecule has 2 aromatic rings. The van der Waals surface area contributed by atoms with Gasteiger partial charge in [0.1, 0.15) is 0 Å². The highest BCUT2D eigenvalue weighted by Gasteiger charge is 2.39. The van der Waals surface area contributed by atoms with Gasteiger partial charge in [-0.3, -0.25) is 4.90 Å². The summed E-state index contributed by atoms with van der Waals surface area (Å²) in [5.41, 5.74) is 5.07. The number of ether oxygens (including phenoxy) is 3. The SMILES string of the molecule is COc1cc2c(cc1O)[C@H]1Cc3cc4c(cc3[C@@H](C2)N1C)OCO4. The normalized spacial score (nSPS) is 23.6. The summed E-state index contributed by atoms with van der Waals surface area (Å²) in [7, 11) is 3.75. The second kappa shape index (κ2) is 4.80. The first kappa shape index (κ1) is 14.0. The van der Waals surface area contributed by atoms with Crippen LogP contribution in [0.4, 0.5) is 0 Å². The van der Waals surface area contributed by atoms with Crippen molar-refractivity contribution in [3.8, 4) is 23.0 Å². The van der Waals surface area contributed by atoms with E-state index in [1.54, 1.807) is 7.11 Å². The van der Waals surface area contributed by atoms with Gasteiger partial charge in [0.15, 0.2) is 23.0 Å². The highest BCUT2D eigenvalue weighted by atomic mass is 16.7. The Kier molecular flexibility index (Phi) is 2.80. The van der Waals surface area contributed by atoms with E-state index in [4.69, 9.17) is 14.2 Å². The molecular weight excluding hydrogens is 306 g/mol. The van der Waals surface area contributed by atoms with Crippen LogP contribution in [0.5, 0.6) is 23.0 Å². The van der Waals surface area contributed by atoms with E-state index in [-0.39, 0.29) is 11.8 Å². The van der Waals surface area contributed by atoms with Crippen molar-refractivity contribution in [1.29, 1.82) is 0 Å². The van der Waals surface area contributed by atoms with E-state index in [2.05, 4.69) is 24.1 Å². The summed E-state index contributed by atoms with van der Waals surface area (Å²) in [4.78, 5) is 2.40. The van der Waals surface area contributed by atoms with Crippen molar-refractivity contribution in [2.75, 3.05) is 21.0 Å². The molecule has 0 aliphatic carbocycles. The molecule has 24 heavy (non-hydrogen) atoms. The van der Waals surface area contributed by atoms with E-state index < -0.39 is 0 Å². The number of benzene rings is 2. The van der Waals surface area contributed by atoms with Gasteiger partial charge in [0.25, 0.3) is 0 Å². The molecule has 2 aromatic carbocycles. The molecule has 0 spiro atoms. The van der Waals surface area contributed by atoms with Crippen LogP contribution in [0.3, 0.4) is 0 Å². The Hall–Kier alpha value is -2.40. The predicted molar refractivity (Wildman–Crippen MR) is 87.9 cm³/mol. The summed E-state index contributed by atoms with van der Waals surface area (Å²) < 4.78 is 16.4. The van der Waals surface area contributed by atoms with E-state index in [0.29, 0.717) is 18.6 Å². The van der Waals surface area contributed by atoms with Crippen LogP contribution in [0.2, 0.25) is 0 Å². The number of hydrogen-bond donors (Lipinski definition) is 1. The zero-order chi connectivity index (χ0) is 16.4. The van der Waals surface area contributed by atoms with E-state index in [1.165, 1.54) is 22.3 Å². The fourth-order valence-corrected chi connectivity index (χ4v) is 4.34. The topological polar surface area (TPSA) is 51.2 Å². The maximum absolute atomic E-state index is 10.2. The van der Waals surface area contributed by atoms with E-state index in [9.17, 15) is 5.11 Å². The molecule has 0 aromatic heterocycles. The number of aromatic hydroxyl groups is 1. The van der Waals surface area contributed by atoms with E-state index in [1.807, 2.05) is 12.1 Å². The maximum atomic E-state index is 10.2. The third kappa shape index (κ3) is 1.79. The smallest absolute Gasteiger partial charge is 0.231 e. The van der Waals surface area contributed by atoms with Crippen molar-refractivity contribution in [3.63, 3.8) is 0 Å². The second-order valence-electron chi connectivity index (χ2n) is 6.73. The highest BCUT2D eigenvalue weighted by Crippen LogP contribution is 2.50. The van der Waals surface area contributed by atoms with Crippen molar-refractivity contribution < 1.29 is 19.3 Å². The Morgan fingerprint density at radius 3 is 2.33 bits per heavy atom. The van der Waals surface area contributed by atoms with Crippen LogP contribution in [0, 0.1) is 0 Å². The van der Waals surface area contributed by atoms with E-state index in [0.717, 1.165) is 24.3 Å². The molecule has 5 rings (SSSR count). The zero-order valence-corrected chi connectivity index (χ0v) is 13.7. The van der Waals surface area contributed by atoms with Crippen LogP contribution in [0.15, 0.2) is 24.3 Å². The first-order chi connectivity index (χ1) is 11.7. The van der Waals surface area contributed by atoms with Crippen molar-refractivity contribution in [2.24, 2.45) is 0 Å². The Balaban J connectivity index is 1.65. The minimum atomic E-state index is 0.208. The molecule has 3 heterocycles. The number of nitrogens with zero attached hydrogens (tertiary/aromatic N) is 1. The van der Waals surface area contributed by atoms with Crippen LogP contribution >= 0.6 is 0 Å². The van der Waals surface area contributed by atoms with Gasteiger partial charge in [-0.2, -0.15) is 0 Å². The summed E-state index contributed by atoms with van der Waals surface area (Å²) in [5.74, 6) is 2.44. The minimum absolute atomic E-state index is 0.208. The van der Waals surface area contributed by atoms with Crippen LogP contribution in [0.25, 0.3) is 0 Å². The highest BCUT2D eigenvalue weighted by molar-refractivity contribution is 5.55. The molecule has 0 fully saturated rings. The lowest BCUT2D eigenvalue weighted by molar-refractivity contribution is 0.137. The Bertz CT molecular complexity index is 848. The number of rotatable bonds is 1. The first-order valence-corrected chi connectivity index (χ1v) is 8.20. The number of likely N-dealkylation sites (N-methyl/N-ethyl adjacent to an activating group) is 1. The van der Waals surface area contributed by atoms with Crippen molar-refractivity contribution in [2.45, 2.75) is 24.9 Å². The van der Waals surface area contributed by atoms with Gasteiger partial charge in [0.2, 0.25) is 6.79 Å². The van der Waals surface area contributed by atoms with Crippen LogP contribution in [-0.2, 0) is 12.8 Å². The molecule has 1 N–H and O–H groups in total. The quantitative estimate of drug-likeness (QED) is 0.873. The Morgan fingerprint density at radius 1 is 1.00 bits per heavy atom. The van der Waals surface area contributed by atoms with Crippen LogP contribution in [-0.4, -0.2) is 31.0 Å². The Morgan fingerprint density at radius 2 is 1.62 bits per heavy atom. The fraction of sp³-hybridized carbons (Fsp3) is 0.368. The lowest BCUT2D eigenvalue weighted by atomic mass is 9.76. The molecule has 0 saturated heterocycles. The summed E-state index contributed by atoms with van der Waals surface area (Å²) >= 11 is 0. The number of hydrogen-bond acceptors (Lipinski definition) is 5. The number of methoxy groups -OCH3 is 1. The molecular formula is C19H19NO4. The predicted octanol–water partition coefficient (Wildman–Crippen LogP) is 2.96. The minimum Gasteiger partial charge on any atom is -0.504 e. The molecule has 0 unspecified atom stereocenters. The van der Waals surface area contributed by atoms with Gasteiger partial charge in [0, 0.05) is 12.1 Å². The van der Waals surface area contributed by atoms with Crippen molar-refractivity contribution >= 4 is 0 Å².